The minimum Gasteiger partial charge on any atom is -0.459 e. The first-order valence-corrected chi connectivity index (χ1v) is 14.6. The summed E-state index contributed by atoms with van der Waals surface area (Å²) in [7, 11) is 0. The normalized spacial score (nSPS) is 48.1. The molecule has 0 spiro atoms. The van der Waals surface area contributed by atoms with E-state index in [9.17, 15) is 19.8 Å². The molecule has 8 fully saturated rings. The zero-order chi connectivity index (χ0) is 25.8. The zero-order valence-electron chi connectivity index (χ0n) is 22.7. The molecule has 0 aromatic carbocycles. The van der Waals surface area contributed by atoms with Crippen LogP contribution in [0.1, 0.15) is 118 Å². The van der Waals surface area contributed by atoms with Crippen LogP contribution in [-0.2, 0) is 19.1 Å². The molecular weight excluding hydrogens is 456 g/mol. The van der Waals surface area contributed by atoms with E-state index in [2.05, 4.69) is 0 Å². The van der Waals surface area contributed by atoms with E-state index in [4.69, 9.17) is 9.47 Å². The molecule has 8 aliphatic carbocycles. The number of rotatable bonds is 7. The lowest BCUT2D eigenvalue weighted by Crippen LogP contribution is -2.61. The van der Waals surface area contributed by atoms with E-state index in [0.29, 0.717) is 49.4 Å². The van der Waals surface area contributed by atoms with Crippen LogP contribution in [0.3, 0.4) is 0 Å². The highest BCUT2D eigenvalue weighted by atomic mass is 16.6. The van der Waals surface area contributed by atoms with Crippen molar-refractivity contribution in [3.8, 4) is 0 Å². The fourth-order valence-corrected chi connectivity index (χ4v) is 10.5. The van der Waals surface area contributed by atoms with Crippen molar-refractivity contribution in [1.29, 1.82) is 0 Å². The Hall–Kier alpha value is -1.14. The molecule has 8 aliphatic rings. The fourth-order valence-electron chi connectivity index (χ4n) is 10.5. The quantitative estimate of drug-likeness (QED) is 0.472. The van der Waals surface area contributed by atoms with Gasteiger partial charge in [0.2, 0.25) is 0 Å². The van der Waals surface area contributed by atoms with Crippen LogP contribution in [0.2, 0.25) is 0 Å². The van der Waals surface area contributed by atoms with Crippen LogP contribution in [-0.4, -0.2) is 44.6 Å². The number of carbonyl (C=O) groups is 2. The molecule has 0 amide bonds. The topological polar surface area (TPSA) is 93.1 Å². The summed E-state index contributed by atoms with van der Waals surface area (Å²) in [6.45, 7) is 7.69. The van der Waals surface area contributed by atoms with Gasteiger partial charge in [0.05, 0.1) is 22.0 Å². The Bertz CT molecular complexity index is 925. The molecule has 202 valence electrons. The van der Waals surface area contributed by atoms with Gasteiger partial charge in [-0.25, -0.2) is 0 Å². The van der Waals surface area contributed by atoms with E-state index < -0.39 is 33.2 Å². The van der Waals surface area contributed by atoms with Gasteiger partial charge in [-0.2, -0.15) is 0 Å². The summed E-state index contributed by atoms with van der Waals surface area (Å²) in [6, 6.07) is 0. The van der Waals surface area contributed by atoms with Crippen molar-refractivity contribution in [1.82, 2.24) is 0 Å². The van der Waals surface area contributed by atoms with Gasteiger partial charge in [-0.3, -0.25) is 9.59 Å². The number of hydrogen-bond acceptors (Lipinski definition) is 6. The predicted molar refractivity (Wildman–Crippen MR) is 134 cm³/mol. The van der Waals surface area contributed by atoms with Crippen LogP contribution < -0.4 is 0 Å². The molecule has 0 aromatic heterocycles. The van der Waals surface area contributed by atoms with Crippen molar-refractivity contribution >= 4 is 11.9 Å². The average molecular weight is 503 g/mol. The Kier molecular flexibility index (Phi) is 5.39. The molecule has 8 saturated carbocycles. The van der Waals surface area contributed by atoms with Gasteiger partial charge in [0.15, 0.2) is 0 Å². The molecule has 6 heteroatoms. The van der Waals surface area contributed by atoms with E-state index in [-0.39, 0.29) is 11.9 Å². The summed E-state index contributed by atoms with van der Waals surface area (Å²) in [6.07, 6.45) is 11.1. The maximum Gasteiger partial charge on any atom is 0.312 e. The molecule has 5 atom stereocenters. The minimum absolute atomic E-state index is 0.236. The van der Waals surface area contributed by atoms with E-state index in [1.165, 1.54) is 0 Å². The lowest BCUT2D eigenvalue weighted by Gasteiger charge is -2.59. The lowest BCUT2D eigenvalue weighted by molar-refractivity contribution is -0.229. The first kappa shape index (κ1) is 25.2. The Morgan fingerprint density at radius 3 is 1.47 bits per heavy atom. The van der Waals surface area contributed by atoms with Crippen LogP contribution in [0.25, 0.3) is 0 Å². The molecular formula is C30H46O6. The number of aliphatic hydroxyl groups is 2. The minimum atomic E-state index is -0.852. The lowest BCUT2D eigenvalue weighted by atomic mass is 9.52. The Balaban J connectivity index is 1.15. The molecule has 0 aliphatic heterocycles. The zero-order valence-corrected chi connectivity index (χ0v) is 22.7. The van der Waals surface area contributed by atoms with Gasteiger partial charge in [0.25, 0.3) is 0 Å². The summed E-state index contributed by atoms with van der Waals surface area (Å²) in [4.78, 5) is 27.4. The molecule has 0 heterocycles. The molecule has 2 N–H and O–H groups in total. The van der Waals surface area contributed by atoms with E-state index in [1.54, 1.807) is 0 Å². The van der Waals surface area contributed by atoms with Crippen LogP contribution in [0.15, 0.2) is 0 Å². The van der Waals surface area contributed by atoms with Gasteiger partial charge in [-0.05, 0) is 121 Å². The number of esters is 2. The highest BCUT2D eigenvalue weighted by molar-refractivity contribution is 5.81. The first-order valence-electron chi connectivity index (χ1n) is 14.6. The predicted octanol–water partition coefficient (Wildman–Crippen LogP) is 5.07. The molecule has 8 bridgehead atoms. The van der Waals surface area contributed by atoms with E-state index in [1.807, 2.05) is 27.7 Å². The second kappa shape index (κ2) is 7.71. The summed E-state index contributed by atoms with van der Waals surface area (Å²) in [5, 5.41) is 22.2. The Morgan fingerprint density at radius 1 is 0.722 bits per heavy atom. The third-order valence-corrected chi connectivity index (χ3v) is 11.2. The van der Waals surface area contributed by atoms with Gasteiger partial charge < -0.3 is 19.7 Å². The van der Waals surface area contributed by atoms with Gasteiger partial charge in [0, 0.05) is 12.8 Å². The first-order chi connectivity index (χ1) is 16.7. The van der Waals surface area contributed by atoms with Crippen LogP contribution in [0.5, 0.6) is 0 Å². The second-order valence-corrected chi connectivity index (χ2v) is 15.5. The van der Waals surface area contributed by atoms with E-state index >= 15 is 0 Å². The van der Waals surface area contributed by atoms with Gasteiger partial charge in [-0.15, -0.1) is 0 Å². The average Bonchev–Trinajstić information content (AvgIpc) is 2.68. The fraction of sp³-hybridized carbons (Fsp3) is 0.933. The highest BCUT2D eigenvalue weighted by Gasteiger charge is 2.61. The highest BCUT2D eigenvalue weighted by Crippen LogP contribution is 2.61. The molecule has 6 nitrogen and oxygen atoms in total. The monoisotopic (exact) mass is 502 g/mol. The molecule has 8 rings (SSSR count). The third kappa shape index (κ3) is 4.13. The molecule has 0 radical (unpaired) electrons. The smallest absolute Gasteiger partial charge is 0.312 e. The van der Waals surface area contributed by atoms with Gasteiger partial charge in [-0.1, -0.05) is 6.92 Å². The van der Waals surface area contributed by atoms with Crippen molar-refractivity contribution in [3.63, 3.8) is 0 Å². The molecule has 5 unspecified atom stereocenters. The number of ether oxygens (including phenoxy) is 2. The summed E-state index contributed by atoms with van der Waals surface area (Å²) >= 11 is 0. The van der Waals surface area contributed by atoms with E-state index in [0.717, 1.165) is 64.2 Å². The Morgan fingerprint density at radius 2 is 1.11 bits per heavy atom. The molecule has 36 heavy (non-hydrogen) atoms. The second-order valence-electron chi connectivity index (χ2n) is 15.5. The van der Waals surface area contributed by atoms with Crippen LogP contribution in [0, 0.1) is 34.5 Å². The number of hydrogen-bond donors (Lipinski definition) is 2. The van der Waals surface area contributed by atoms with Crippen molar-refractivity contribution < 1.29 is 29.3 Å². The van der Waals surface area contributed by atoms with Crippen molar-refractivity contribution in [3.05, 3.63) is 0 Å². The van der Waals surface area contributed by atoms with Crippen molar-refractivity contribution in [2.75, 3.05) is 0 Å². The summed E-state index contributed by atoms with van der Waals surface area (Å²) in [5.41, 5.74) is -4.13. The van der Waals surface area contributed by atoms with Gasteiger partial charge >= 0.3 is 11.9 Å². The molecule has 0 saturated heterocycles. The van der Waals surface area contributed by atoms with Crippen LogP contribution in [0.4, 0.5) is 0 Å². The van der Waals surface area contributed by atoms with Gasteiger partial charge in [0.1, 0.15) is 11.2 Å². The van der Waals surface area contributed by atoms with Crippen molar-refractivity contribution in [2.45, 2.75) is 140 Å². The maximum atomic E-state index is 13.7. The maximum absolute atomic E-state index is 13.7. The molecule has 0 aromatic rings. The summed E-state index contributed by atoms with van der Waals surface area (Å²) in [5.74, 6) is 1.28. The standard InChI is InChI=1S/C30H46O6/c1-5-26(4,24(32)36-30-14-21-7-22(15-30)11-28(34,10-21)18-30)16-25(2,3)23(31)35-29-12-19-6-20(13-29)9-27(33,8-19)17-29/h19-22,33-34H,5-18H2,1-4H3. The summed E-state index contributed by atoms with van der Waals surface area (Å²) < 4.78 is 12.7. The number of carbonyl (C=O) groups excluding carboxylic acids is 2. The Labute approximate surface area is 215 Å². The SMILES string of the molecule is CCC(C)(CC(C)(C)C(=O)OC12CC3CC(CC(O)(C3)C1)C2)C(=O)OC12CC3CC(CC(O)(C3)C1)C2. The van der Waals surface area contributed by atoms with Crippen LogP contribution >= 0.6 is 0 Å². The largest absolute Gasteiger partial charge is 0.459 e. The third-order valence-electron chi connectivity index (χ3n) is 11.2. The van der Waals surface area contributed by atoms with Crippen molar-refractivity contribution in [2.24, 2.45) is 34.5 Å².